The molecule has 1 fully saturated rings. The Kier molecular flexibility index (Phi) is 8.99. The first-order valence-electron chi connectivity index (χ1n) is 14.2. The number of aryl methyl sites for hydroxylation is 1. The van der Waals surface area contributed by atoms with Crippen molar-refractivity contribution in [2.24, 2.45) is 0 Å². The minimum atomic E-state index is -0.377. The molecule has 5 rings (SSSR count). The molecule has 11 heteroatoms. The van der Waals surface area contributed by atoms with Gasteiger partial charge in [-0.25, -0.2) is 14.8 Å². The molecule has 3 heterocycles. The lowest BCUT2D eigenvalue weighted by Gasteiger charge is -2.29. The molecule has 0 spiro atoms. The van der Waals surface area contributed by atoms with E-state index < -0.39 is 0 Å². The molecular weight excluding hydrogens is 532 g/mol. The molecule has 2 N–H and O–H groups in total. The molecule has 220 valence electrons. The molecule has 0 atom stereocenters. The van der Waals surface area contributed by atoms with Crippen LogP contribution < -0.4 is 15.5 Å². The molecule has 0 saturated carbocycles. The van der Waals surface area contributed by atoms with Crippen molar-refractivity contribution < 1.29 is 14.3 Å². The normalized spacial score (nSPS) is 13.4. The summed E-state index contributed by atoms with van der Waals surface area (Å²) in [5.41, 5.74) is 4.59. The number of nitrogens with zero attached hydrogens (tertiary/aromatic N) is 6. The molecule has 3 amide bonds. The van der Waals surface area contributed by atoms with Gasteiger partial charge in [-0.3, -0.25) is 4.79 Å². The molecule has 0 radical (unpaired) electrons. The Morgan fingerprint density at radius 1 is 0.881 bits per heavy atom. The Hall–Kier alpha value is -4.48. The van der Waals surface area contributed by atoms with E-state index in [-0.39, 0.29) is 11.9 Å². The van der Waals surface area contributed by atoms with Gasteiger partial charge in [-0.2, -0.15) is 0 Å². The van der Waals surface area contributed by atoms with Crippen molar-refractivity contribution in [3.8, 4) is 11.4 Å². The summed E-state index contributed by atoms with van der Waals surface area (Å²) in [7, 11) is 5.73. The smallest absolute Gasteiger partial charge is 0.323 e. The molecule has 2 aromatic carbocycles. The molecule has 42 heavy (non-hydrogen) atoms. The third-order valence-electron chi connectivity index (χ3n) is 7.26. The topological polar surface area (TPSA) is 108 Å². The van der Waals surface area contributed by atoms with Gasteiger partial charge < -0.3 is 34.6 Å². The number of morpholine rings is 1. The van der Waals surface area contributed by atoms with E-state index in [2.05, 4.69) is 33.2 Å². The van der Waals surface area contributed by atoms with Gasteiger partial charge in [0.05, 0.1) is 18.7 Å². The number of urea groups is 1. The van der Waals surface area contributed by atoms with E-state index in [0.717, 1.165) is 48.6 Å². The van der Waals surface area contributed by atoms with E-state index in [1.54, 1.807) is 36.2 Å². The molecule has 1 saturated heterocycles. The highest BCUT2D eigenvalue weighted by atomic mass is 16.5. The monoisotopic (exact) mass is 570 g/mol. The van der Waals surface area contributed by atoms with Crippen LogP contribution >= 0.6 is 0 Å². The van der Waals surface area contributed by atoms with Crippen LogP contribution in [0.15, 0.2) is 60.8 Å². The second-order valence-electron chi connectivity index (χ2n) is 10.6. The van der Waals surface area contributed by atoms with Gasteiger partial charge in [0.15, 0.2) is 11.6 Å². The zero-order valence-electron chi connectivity index (χ0n) is 24.6. The minimum absolute atomic E-state index is 0.0592. The summed E-state index contributed by atoms with van der Waals surface area (Å²) in [6.07, 6.45) is 2.05. The summed E-state index contributed by atoms with van der Waals surface area (Å²) in [6, 6.07) is 16.0. The van der Waals surface area contributed by atoms with Crippen LogP contribution in [0.4, 0.5) is 22.0 Å². The second kappa shape index (κ2) is 13.0. The first-order chi connectivity index (χ1) is 20.3. The Labute approximate surface area is 246 Å². The van der Waals surface area contributed by atoms with E-state index in [4.69, 9.17) is 14.7 Å². The lowest BCUT2D eigenvalue weighted by atomic mass is 10.2. The number of hydrogen-bond acceptors (Lipinski definition) is 7. The highest BCUT2D eigenvalue weighted by Crippen LogP contribution is 2.29. The van der Waals surface area contributed by atoms with Gasteiger partial charge in [-0.1, -0.05) is 0 Å². The maximum absolute atomic E-state index is 12.7. The van der Waals surface area contributed by atoms with Crippen LogP contribution in [-0.2, 0) is 11.3 Å². The van der Waals surface area contributed by atoms with Crippen LogP contribution in [0.1, 0.15) is 17.3 Å². The Morgan fingerprint density at radius 2 is 1.52 bits per heavy atom. The first kappa shape index (κ1) is 29.0. The highest BCUT2D eigenvalue weighted by Gasteiger charge is 2.20. The third-order valence-corrected chi connectivity index (χ3v) is 7.26. The van der Waals surface area contributed by atoms with Gasteiger partial charge in [0.2, 0.25) is 0 Å². The van der Waals surface area contributed by atoms with Crippen molar-refractivity contribution in [3.63, 3.8) is 0 Å². The van der Waals surface area contributed by atoms with E-state index >= 15 is 0 Å². The second-order valence-corrected chi connectivity index (χ2v) is 10.6. The van der Waals surface area contributed by atoms with Crippen molar-refractivity contribution >= 4 is 40.2 Å². The Morgan fingerprint density at radius 3 is 2.14 bits per heavy atom. The number of amides is 3. The number of carbonyl (C=O) groups is 2. The number of hydrogen-bond donors (Lipinski definition) is 2. The van der Waals surface area contributed by atoms with Crippen LogP contribution in [-0.4, -0.2) is 96.8 Å². The Balaban J connectivity index is 1.24. The van der Waals surface area contributed by atoms with Crippen LogP contribution in [0.3, 0.4) is 0 Å². The molecule has 0 unspecified atom stereocenters. The average Bonchev–Trinajstić information content (AvgIpc) is 3.43. The predicted octanol–water partition coefficient (Wildman–Crippen LogP) is 4.23. The standard InChI is InChI=1S/C31H38N8O3/c1-5-38-15-14-26-27(38)29(39-18-20-42-21-19-39)35-28(34-26)22-6-10-24(11-7-22)32-31(41)33-25-12-8-23(9-13-25)30(40)37(4)17-16-36(2)3/h6-15H,5,16-21H2,1-4H3,(H2,32,33,41). The minimum Gasteiger partial charge on any atom is -0.378 e. The lowest BCUT2D eigenvalue weighted by molar-refractivity contribution is 0.0786. The third kappa shape index (κ3) is 6.69. The average molecular weight is 571 g/mol. The first-order valence-corrected chi connectivity index (χ1v) is 14.2. The van der Waals surface area contributed by atoms with E-state index in [1.165, 1.54) is 0 Å². The fraction of sp³-hybridized carbons (Fsp3) is 0.355. The van der Waals surface area contributed by atoms with Crippen LogP contribution in [0, 0.1) is 0 Å². The van der Waals surface area contributed by atoms with Gasteiger partial charge in [-0.15, -0.1) is 0 Å². The summed E-state index contributed by atoms with van der Waals surface area (Å²) in [4.78, 5) is 41.1. The molecular formula is C31H38N8O3. The summed E-state index contributed by atoms with van der Waals surface area (Å²) in [6.45, 7) is 7.28. The molecule has 2 aromatic heterocycles. The van der Waals surface area contributed by atoms with Crippen molar-refractivity contribution in [2.45, 2.75) is 13.5 Å². The fourth-order valence-corrected chi connectivity index (χ4v) is 4.84. The molecule has 0 aliphatic carbocycles. The number of nitrogens with one attached hydrogen (secondary N) is 2. The van der Waals surface area contributed by atoms with Crippen molar-refractivity contribution in [1.29, 1.82) is 0 Å². The van der Waals surface area contributed by atoms with E-state index in [0.29, 0.717) is 42.5 Å². The highest BCUT2D eigenvalue weighted by molar-refractivity contribution is 6.00. The van der Waals surface area contributed by atoms with Crippen LogP contribution in [0.5, 0.6) is 0 Å². The quantitative estimate of drug-likeness (QED) is 0.310. The number of aromatic nitrogens is 3. The number of likely N-dealkylation sites (N-methyl/N-ethyl adjacent to an activating group) is 2. The molecule has 4 aromatic rings. The summed E-state index contributed by atoms with van der Waals surface area (Å²) in [5.74, 6) is 1.49. The number of ether oxygens (including phenoxy) is 1. The number of fused-ring (bicyclic) bond motifs is 1. The SMILES string of the molecule is CCn1ccc2nc(-c3ccc(NC(=O)Nc4ccc(C(=O)N(C)CCN(C)C)cc4)cc3)nc(N3CCOCC3)c21. The molecule has 1 aliphatic heterocycles. The van der Waals surface area contributed by atoms with Gasteiger partial charge in [0.1, 0.15) is 5.52 Å². The summed E-state index contributed by atoms with van der Waals surface area (Å²) >= 11 is 0. The van der Waals surface area contributed by atoms with E-state index in [9.17, 15) is 9.59 Å². The van der Waals surface area contributed by atoms with Gasteiger partial charge in [-0.05, 0) is 75.6 Å². The maximum Gasteiger partial charge on any atom is 0.323 e. The largest absolute Gasteiger partial charge is 0.378 e. The zero-order chi connectivity index (χ0) is 29.6. The summed E-state index contributed by atoms with van der Waals surface area (Å²) < 4.78 is 7.73. The van der Waals surface area contributed by atoms with Crippen LogP contribution in [0.25, 0.3) is 22.4 Å². The van der Waals surface area contributed by atoms with Crippen molar-refractivity contribution in [2.75, 3.05) is 76.1 Å². The van der Waals surface area contributed by atoms with Gasteiger partial charge in [0.25, 0.3) is 5.91 Å². The fourth-order valence-electron chi connectivity index (χ4n) is 4.84. The summed E-state index contributed by atoms with van der Waals surface area (Å²) in [5, 5.41) is 5.68. The van der Waals surface area contributed by atoms with Gasteiger partial charge in [0, 0.05) is 68.5 Å². The lowest BCUT2D eigenvalue weighted by Crippen LogP contribution is -2.37. The molecule has 11 nitrogen and oxygen atoms in total. The Bertz CT molecular complexity index is 1530. The molecule has 0 bridgehead atoms. The number of benzene rings is 2. The zero-order valence-corrected chi connectivity index (χ0v) is 24.6. The number of rotatable bonds is 9. The maximum atomic E-state index is 12.7. The number of anilines is 3. The predicted molar refractivity (Wildman–Crippen MR) is 166 cm³/mol. The van der Waals surface area contributed by atoms with Crippen molar-refractivity contribution in [3.05, 3.63) is 66.4 Å². The number of carbonyl (C=O) groups excluding carboxylic acids is 2. The van der Waals surface area contributed by atoms with Gasteiger partial charge >= 0.3 is 6.03 Å². The van der Waals surface area contributed by atoms with Crippen molar-refractivity contribution in [1.82, 2.24) is 24.3 Å². The van der Waals surface area contributed by atoms with Crippen LogP contribution in [0.2, 0.25) is 0 Å². The van der Waals surface area contributed by atoms with E-state index in [1.807, 2.05) is 49.3 Å². The molecule has 1 aliphatic rings.